The van der Waals surface area contributed by atoms with Crippen molar-refractivity contribution >= 4 is 5.97 Å². The fourth-order valence-corrected chi connectivity index (χ4v) is 1.67. The Morgan fingerprint density at radius 2 is 2.00 bits per heavy atom. The van der Waals surface area contributed by atoms with Gasteiger partial charge in [0.15, 0.2) is 0 Å². The average Bonchev–Trinajstić information content (AvgIpc) is 2.31. The summed E-state index contributed by atoms with van der Waals surface area (Å²) in [6.07, 6.45) is 2.80. The highest BCUT2D eigenvalue weighted by atomic mass is 16.5. The Morgan fingerprint density at radius 1 is 1.33 bits per heavy atom. The molecule has 0 aromatic heterocycles. The van der Waals surface area contributed by atoms with Crippen LogP contribution in [0.5, 0.6) is 5.75 Å². The molecule has 0 saturated heterocycles. The summed E-state index contributed by atoms with van der Waals surface area (Å²) in [6.45, 7) is 10.1. The van der Waals surface area contributed by atoms with Crippen LogP contribution in [0.2, 0.25) is 0 Å². The van der Waals surface area contributed by atoms with E-state index in [1.165, 1.54) is 0 Å². The second-order valence-electron chi connectivity index (χ2n) is 5.04. The lowest BCUT2D eigenvalue weighted by atomic mass is 10.0. The van der Waals surface area contributed by atoms with Gasteiger partial charge in [-0.3, -0.25) is 0 Å². The quantitative estimate of drug-likeness (QED) is 0.425. The molecule has 0 fully saturated rings. The van der Waals surface area contributed by atoms with Crippen molar-refractivity contribution < 1.29 is 9.53 Å². The molecule has 0 amide bonds. The Hall–Kier alpha value is -1.57. The Kier molecular flexibility index (Phi) is 5.63. The monoisotopic (exact) mass is 246 g/mol. The number of ether oxygens (including phenoxy) is 1. The molecule has 0 bridgehead atoms. The van der Waals surface area contributed by atoms with Crippen molar-refractivity contribution in [3.05, 3.63) is 42.0 Å². The minimum atomic E-state index is -0.312. The van der Waals surface area contributed by atoms with Crippen LogP contribution in [-0.4, -0.2) is 5.97 Å². The third kappa shape index (κ3) is 4.74. The zero-order chi connectivity index (χ0) is 13.5. The van der Waals surface area contributed by atoms with Crippen LogP contribution < -0.4 is 4.74 Å². The van der Waals surface area contributed by atoms with Crippen molar-refractivity contribution in [3.63, 3.8) is 0 Å². The summed E-state index contributed by atoms with van der Waals surface area (Å²) in [5, 5.41) is 0. The molecule has 0 aliphatic rings. The fraction of sp³-hybridized carbons (Fsp3) is 0.438. The molecule has 0 spiro atoms. The van der Waals surface area contributed by atoms with E-state index in [1.54, 1.807) is 6.07 Å². The molecule has 98 valence electrons. The first kappa shape index (κ1) is 14.5. The number of aryl methyl sites for hydroxylation is 1. The second-order valence-corrected chi connectivity index (χ2v) is 5.04. The lowest BCUT2D eigenvalue weighted by Gasteiger charge is -2.09. The molecule has 1 rings (SSSR count). The third-order valence-corrected chi connectivity index (χ3v) is 2.84. The fourth-order valence-electron chi connectivity index (χ4n) is 1.67. The number of esters is 1. The van der Waals surface area contributed by atoms with E-state index in [1.807, 2.05) is 25.1 Å². The number of hydrogen-bond donors (Lipinski definition) is 0. The van der Waals surface area contributed by atoms with Crippen LogP contribution in [0.3, 0.4) is 0 Å². The van der Waals surface area contributed by atoms with Crippen LogP contribution in [0, 0.1) is 12.8 Å². The topological polar surface area (TPSA) is 26.3 Å². The standard InChI is InChI=1S/C16H22O2/c1-12(2)8-7-10-14(4)16(17)18-15-11-6-5-9-13(15)3/h5-6,9,11-12H,4,7-8,10H2,1-3H3. The zero-order valence-corrected chi connectivity index (χ0v) is 11.5. The van der Waals surface area contributed by atoms with Gasteiger partial charge in [-0.15, -0.1) is 0 Å². The van der Waals surface area contributed by atoms with E-state index in [0.29, 0.717) is 23.7 Å². The smallest absolute Gasteiger partial charge is 0.338 e. The highest BCUT2D eigenvalue weighted by molar-refractivity contribution is 5.89. The maximum absolute atomic E-state index is 11.8. The highest BCUT2D eigenvalue weighted by Crippen LogP contribution is 2.19. The molecule has 18 heavy (non-hydrogen) atoms. The summed E-state index contributed by atoms with van der Waals surface area (Å²) < 4.78 is 5.33. The molecule has 0 N–H and O–H groups in total. The van der Waals surface area contributed by atoms with Gasteiger partial charge in [0.25, 0.3) is 0 Å². The molecule has 2 nitrogen and oxygen atoms in total. The molecular formula is C16H22O2. The van der Waals surface area contributed by atoms with Crippen molar-refractivity contribution in [2.24, 2.45) is 5.92 Å². The summed E-state index contributed by atoms with van der Waals surface area (Å²) in [5.74, 6) is 0.964. The molecule has 0 radical (unpaired) electrons. The van der Waals surface area contributed by atoms with Crippen LogP contribution in [0.1, 0.15) is 38.7 Å². The number of benzene rings is 1. The molecule has 0 aliphatic heterocycles. The maximum Gasteiger partial charge on any atom is 0.338 e. The van der Waals surface area contributed by atoms with Gasteiger partial charge in [0, 0.05) is 5.57 Å². The van der Waals surface area contributed by atoms with Gasteiger partial charge in [0.1, 0.15) is 5.75 Å². The third-order valence-electron chi connectivity index (χ3n) is 2.84. The lowest BCUT2D eigenvalue weighted by molar-refractivity contribution is -0.130. The first-order valence-electron chi connectivity index (χ1n) is 6.46. The van der Waals surface area contributed by atoms with Gasteiger partial charge in [0.05, 0.1) is 0 Å². The molecule has 0 atom stereocenters. The van der Waals surface area contributed by atoms with E-state index in [0.717, 1.165) is 18.4 Å². The van der Waals surface area contributed by atoms with E-state index in [2.05, 4.69) is 20.4 Å². The maximum atomic E-state index is 11.8. The van der Waals surface area contributed by atoms with E-state index >= 15 is 0 Å². The molecule has 0 saturated carbocycles. The molecule has 2 heteroatoms. The predicted molar refractivity (Wildman–Crippen MR) is 74.6 cm³/mol. The summed E-state index contributed by atoms with van der Waals surface area (Å²) >= 11 is 0. The summed E-state index contributed by atoms with van der Waals surface area (Å²) in [7, 11) is 0. The number of rotatable bonds is 6. The normalized spacial score (nSPS) is 10.4. The molecule has 1 aromatic carbocycles. The van der Waals surface area contributed by atoms with Crippen LogP contribution in [-0.2, 0) is 4.79 Å². The summed E-state index contributed by atoms with van der Waals surface area (Å²) in [5.41, 5.74) is 1.51. The number of carbonyl (C=O) groups excluding carboxylic acids is 1. The number of carbonyl (C=O) groups is 1. The Balaban J connectivity index is 2.46. The van der Waals surface area contributed by atoms with Crippen LogP contribution >= 0.6 is 0 Å². The zero-order valence-electron chi connectivity index (χ0n) is 11.5. The van der Waals surface area contributed by atoms with Gasteiger partial charge < -0.3 is 4.74 Å². The van der Waals surface area contributed by atoms with Gasteiger partial charge >= 0.3 is 5.97 Å². The van der Waals surface area contributed by atoms with Gasteiger partial charge in [-0.25, -0.2) is 4.79 Å². The SMILES string of the molecule is C=C(CCCC(C)C)C(=O)Oc1ccccc1C. The number of para-hydroxylation sites is 1. The lowest BCUT2D eigenvalue weighted by Crippen LogP contribution is -2.11. The molecule has 0 aliphatic carbocycles. The van der Waals surface area contributed by atoms with Crippen molar-refractivity contribution in [3.8, 4) is 5.75 Å². The highest BCUT2D eigenvalue weighted by Gasteiger charge is 2.11. The van der Waals surface area contributed by atoms with E-state index in [4.69, 9.17) is 4.74 Å². The van der Waals surface area contributed by atoms with E-state index < -0.39 is 0 Å². The largest absolute Gasteiger partial charge is 0.423 e. The Bertz CT molecular complexity index is 419. The van der Waals surface area contributed by atoms with Crippen LogP contribution in [0.25, 0.3) is 0 Å². The van der Waals surface area contributed by atoms with Crippen LogP contribution in [0.15, 0.2) is 36.4 Å². The first-order chi connectivity index (χ1) is 8.50. The average molecular weight is 246 g/mol. The van der Waals surface area contributed by atoms with E-state index in [-0.39, 0.29) is 5.97 Å². The molecule has 0 unspecified atom stereocenters. The summed E-state index contributed by atoms with van der Waals surface area (Å²) in [4.78, 5) is 11.8. The van der Waals surface area contributed by atoms with Gasteiger partial charge in [0.2, 0.25) is 0 Å². The van der Waals surface area contributed by atoms with Gasteiger partial charge in [-0.05, 0) is 37.3 Å². The summed E-state index contributed by atoms with van der Waals surface area (Å²) in [6, 6.07) is 7.50. The van der Waals surface area contributed by atoms with Crippen molar-refractivity contribution in [1.29, 1.82) is 0 Å². The van der Waals surface area contributed by atoms with Crippen molar-refractivity contribution in [1.82, 2.24) is 0 Å². The first-order valence-corrected chi connectivity index (χ1v) is 6.46. The molecule has 1 aromatic rings. The second kappa shape index (κ2) is 7.00. The Morgan fingerprint density at radius 3 is 2.61 bits per heavy atom. The molecule has 0 heterocycles. The predicted octanol–water partition coefficient (Wildman–Crippen LogP) is 4.28. The minimum absolute atomic E-state index is 0.312. The van der Waals surface area contributed by atoms with Gasteiger partial charge in [-0.2, -0.15) is 0 Å². The molecular weight excluding hydrogens is 224 g/mol. The van der Waals surface area contributed by atoms with E-state index in [9.17, 15) is 4.79 Å². The van der Waals surface area contributed by atoms with Crippen LogP contribution in [0.4, 0.5) is 0 Å². The minimum Gasteiger partial charge on any atom is -0.423 e. The van der Waals surface area contributed by atoms with Crippen molar-refractivity contribution in [2.75, 3.05) is 0 Å². The Labute approximate surface area is 110 Å². The van der Waals surface area contributed by atoms with Crippen molar-refractivity contribution in [2.45, 2.75) is 40.0 Å². The number of hydrogen-bond acceptors (Lipinski definition) is 2. The van der Waals surface area contributed by atoms with Gasteiger partial charge in [-0.1, -0.05) is 45.0 Å².